The van der Waals surface area contributed by atoms with Gasteiger partial charge < -0.3 is 19.6 Å². The average Bonchev–Trinajstić information content (AvgIpc) is 3.15. The van der Waals surface area contributed by atoms with Gasteiger partial charge in [-0.1, -0.05) is 15.9 Å². The van der Waals surface area contributed by atoms with Gasteiger partial charge in [-0.3, -0.25) is 4.99 Å². The fourth-order valence-corrected chi connectivity index (χ4v) is 3.26. The number of hydrogen-bond donors (Lipinski definition) is 1. The first kappa shape index (κ1) is 25.0. The number of nitrogens with zero attached hydrogens (tertiary/aromatic N) is 2. The SMILES string of the molecule is CCOC(=O)C(N)=CC=Nc1ccc(Br)cc1-c1oc(C)nc1-c1ccc(OC(F)(F)F)cc1. The van der Waals surface area contributed by atoms with E-state index in [-0.39, 0.29) is 18.1 Å². The lowest BCUT2D eigenvalue weighted by Gasteiger charge is -2.09. The zero-order valence-corrected chi connectivity index (χ0v) is 19.6. The molecule has 11 heteroatoms. The molecular formula is C23H19BrF3N3O4. The summed E-state index contributed by atoms with van der Waals surface area (Å²) in [6, 6.07) is 10.5. The maximum absolute atomic E-state index is 12.5. The van der Waals surface area contributed by atoms with Crippen LogP contribution in [0.15, 0.2) is 68.1 Å². The minimum atomic E-state index is -4.79. The molecule has 0 saturated heterocycles. The fourth-order valence-electron chi connectivity index (χ4n) is 2.90. The average molecular weight is 538 g/mol. The summed E-state index contributed by atoms with van der Waals surface area (Å²) in [6.45, 7) is 3.51. The number of aryl methyl sites for hydroxylation is 1. The van der Waals surface area contributed by atoms with Gasteiger partial charge in [-0.2, -0.15) is 0 Å². The first-order chi connectivity index (χ1) is 16.1. The quantitative estimate of drug-likeness (QED) is 0.222. The molecule has 0 radical (unpaired) electrons. The van der Waals surface area contributed by atoms with Crippen molar-refractivity contribution in [1.82, 2.24) is 4.98 Å². The van der Waals surface area contributed by atoms with Crippen LogP contribution in [-0.2, 0) is 9.53 Å². The Balaban J connectivity index is 1.99. The molecular weight excluding hydrogens is 519 g/mol. The van der Waals surface area contributed by atoms with E-state index in [4.69, 9.17) is 14.9 Å². The lowest BCUT2D eigenvalue weighted by molar-refractivity contribution is -0.274. The fraction of sp³-hybridized carbons (Fsp3) is 0.174. The predicted molar refractivity (Wildman–Crippen MR) is 124 cm³/mol. The van der Waals surface area contributed by atoms with Gasteiger partial charge in [0.15, 0.2) is 11.7 Å². The van der Waals surface area contributed by atoms with Gasteiger partial charge in [-0.05, 0) is 55.5 Å². The van der Waals surface area contributed by atoms with Crippen molar-refractivity contribution in [2.45, 2.75) is 20.2 Å². The smallest absolute Gasteiger partial charge is 0.461 e. The Hall–Kier alpha value is -3.60. The number of alkyl halides is 3. The van der Waals surface area contributed by atoms with Crippen molar-refractivity contribution in [3.05, 3.63) is 64.6 Å². The third-order valence-electron chi connectivity index (χ3n) is 4.28. The number of allylic oxidation sites excluding steroid dienone is 1. The van der Waals surface area contributed by atoms with Crippen LogP contribution in [0, 0.1) is 6.92 Å². The molecule has 0 saturated carbocycles. The predicted octanol–water partition coefficient (Wildman–Crippen LogP) is 6.09. The number of halogens is 4. The second-order valence-corrected chi connectivity index (χ2v) is 7.68. The maximum Gasteiger partial charge on any atom is 0.573 e. The molecule has 0 unspecified atom stereocenters. The van der Waals surface area contributed by atoms with E-state index in [1.807, 2.05) is 0 Å². The summed E-state index contributed by atoms with van der Waals surface area (Å²) >= 11 is 3.42. The number of benzene rings is 2. The first-order valence-electron chi connectivity index (χ1n) is 9.88. The van der Waals surface area contributed by atoms with Crippen LogP contribution >= 0.6 is 15.9 Å². The molecule has 0 aliphatic carbocycles. The first-order valence-corrected chi connectivity index (χ1v) is 10.7. The monoisotopic (exact) mass is 537 g/mol. The highest BCUT2D eigenvalue weighted by molar-refractivity contribution is 9.10. The summed E-state index contributed by atoms with van der Waals surface area (Å²) in [4.78, 5) is 20.4. The van der Waals surface area contributed by atoms with E-state index in [1.165, 1.54) is 36.6 Å². The molecule has 7 nitrogen and oxygen atoms in total. The standard InChI is InChI=1S/C23H19BrF3N3O4/c1-3-32-22(31)18(28)10-11-29-19-9-6-15(24)12-17(19)21-20(30-13(2)33-21)14-4-7-16(8-5-14)34-23(25,26)27/h4-12H,3,28H2,1-2H3. The molecule has 178 valence electrons. The molecule has 2 N–H and O–H groups in total. The lowest BCUT2D eigenvalue weighted by Crippen LogP contribution is -2.16. The van der Waals surface area contributed by atoms with Crippen molar-refractivity contribution in [3.8, 4) is 28.3 Å². The number of esters is 1. The van der Waals surface area contributed by atoms with Crippen LogP contribution in [0.5, 0.6) is 5.75 Å². The minimum absolute atomic E-state index is 0.110. The van der Waals surface area contributed by atoms with E-state index in [2.05, 4.69) is 30.6 Å². The Bertz CT molecular complexity index is 1240. The zero-order chi connectivity index (χ0) is 24.9. The number of oxazole rings is 1. The van der Waals surface area contributed by atoms with Crippen molar-refractivity contribution in [2.24, 2.45) is 10.7 Å². The highest BCUT2D eigenvalue weighted by Crippen LogP contribution is 2.39. The van der Waals surface area contributed by atoms with Crippen molar-refractivity contribution in [3.63, 3.8) is 0 Å². The number of carbonyl (C=O) groups excluding carboxylic acids is 1. The molecule has 34 heavy (non-hydrogen) atoms. The highest BCUT2D eigenvalue weighted by Gasteiger charge is 2.31. The lowest BCUT2D eigenvalue weighted by atomic mass is 10.0. The van der Waals surface area contributed by atoms with Crippen molar-refractivity contribution >= 4 is 33.8 Å². The summed E-state index contributed by atoms with van der Waals surface area (Å²) in [6.07, 6.45) is -2.12. The number of aromatic nitrogens is 1. The summed E-state index contributed by atoms with van der Waals surface area (Å²) in [7, 11) is 0. The Morgan fingerprint density at radius 3 is 2.59 bits per heavy atom. The van der Waals surface area contributed by atoms with Gasteiger partial charge in [-0.25, -0.2) is 9.78 Å². The van der Waals surface area contributed by atoms with Crippen LogP contribution in [0.3, 0.4) is 0 Å². The molecule has 0 aliphatic rings. The molecule has 3 aromatic rings. The van der Waals surface area contributed by atoms with Gasteiger partial charge >= 0.3 is 12.3 Å². The van der Waals surface area contributed by atoms with Gasteiger partial charge in [0.2, 0.25) is 0 Å². The largest absolute Gasteiger partial charge is 0.573 e. The van der Waals surface area contributed by atoms with Crippen LogP contribution in [0.4, 0.5) is 18.9 Å². The molecule has 3 rings (SSSR count). The molecule has 1 heterocycles. The van der Waals surface area contributed by atoms with Crippen LogP contribution in [0.25, 0.3) is 22.6 Å². The van der Waals surface area contributed by atoms with Crippen LogP contribution < -0.4 is 10.5 Å². The second kappa shape index (κ2) is 10.6. The molecule has 0 bridgehead atoms. The molecule has 0 amide bonds. The molecule has 0 atom stereocenters. The topological polar surface area (TPSA) is 99.9 Å². The third-order valence-corrected chi connectivity index (χ3v) is 4.77. The van der Waals surface area contributed by atoms with Gasteiger partial charge in [0.25, 0.3) is 0 Å². The van der Waals surface area contributed by atoms with Crippen molar-refractivity contribution in [1.29, 1.82) is 0 Å². The molecule has 0 fully saturated rings. The van der Waals surface area contributed by atoms with E-state index in [1.54, 1.807) is 32.0 Å². The zero-order valence-electron chi connectivity index (χ0n) is 18.0. The summed E-state index contributed by atoms with van der Waals surface area (Å²) in [5, 5.41) is 0. The number of carbonyl (C=O) groups is 1. The number of nitrogens with two attached hydrogens (primary N) is 1. The van der Waals surface area contributed by atoms with E-state index in [9.17, 15) is 18.0 Å². The van der Waals surface area contributed by atoms with E-state index < -0.39 is 12.3 Å². The van der Waals surface area contributed by atoms with Gasteiger partial charge in [-0.15, -0.1) is 13.2 Å². The summed E-state index contributed by atoms with van der Waals surface area (Å²) < 4.78 is 52.7. The van der Waals surface area contributed by atoms with E-state index >= 15 is 0 Å². The van der Waals surface area contributed by atoms with Crippen LogP contribution in [0.1, 0.15) is 12.8 Å². The Morgan fingerprint density at radius 2 is 1.94 bits per heavy atom. The number of ether oxygens (including phenoxy) is 2. The molecule has 0 aliphatic heterocycles. The maximum atomic E-state index is 12.5. The van der Waals surface area contributed by atoms with Crippen LogP contribution in [0.2, 0.25) is 0 Å². The third kappa shape index (κ3) is 6.47. The Labute approximate surface area is 201 Å². The van der Waals surface area contributed by atoms with Crippen molar-refractivity contribution < 1.29 is 31.9 Å². The van der Waals surface area contributed by atoms with E-state index in [0.717, 1.165) is 4.47 Å². The Kier molecular flexibility index (Phi) is 7.77. The number of hydrogen-bond acceptors (Lipinski definition) is 7. The minimum Gasteiger partial charge on any atom is -0.461 e. The summed E-state index contributed by atoms with van der Waals surface area (Å²) in [5.41, 5.74) is 7.52. The molecule has 0 spiro atoms. The van der Waals surface area contributed by atoms with Gasteiger partial charge in [0, 0.05) is 28.7 Å². The second-order valence-electron chi connectivity index (χ2n) is 6.76. The van der Waals surface area contributed by atoms with Gasteiger partial charge in [0.1, 0.15) is 17.1 Å². The van der Waals surface area contributed by atoms with Crippen LogP contribution in [-0.4, -0.2) is 30.1 Å². The number of rotatable bonds is 7. The number of aliphatic imine (C=N–C) groups is 1. The Morgan fingerprint density at radius 1 is 1.24 bits per heavy atom. The summed E-state index contributed by atoms with van der Waals surface area (Å²) in [5.74, 6) is -0.299. The molecule has 1 aromatic heterocycles. The van der Waals surface area contributed by atoms with Crippen molar-refractivity contribution in [2.75, 3.05) is 6.61 Å². The van der Waals surface area contributed by atoms with Gasteiger partial charge in [0.05, 0.1) is 12.3 Å². The molecule has 2 aromatic carbocycles. The highest BCUT2D eigenvalue weighted by atomic mass is 79.9. The van der Waals surface area contributed by atoms with E-state index in [0.29, 0.717) is 34.2 Å². The normalized spacial score (nSPS) is 12.2.